The second kappa shape index (κ2) is 7.95. The molecule has 4 heteroatoms. The number of hydrogen-bond donors (Lipinski definition) is 2. The largest absolute Gasteiger partial charge is 0.506 e. The maximum atomic E-state index is 10.8. The van der Waals surface area contributed by atoms with E-state index in [1.807, 2.05) is 18.2 Å². The number of methoxy groups -OCH3 is 1. The second-order valence-corrected chi connectivity index (χ2v) is 3.53. The summed E-state index contributed by atoms with van der Waals surface area (Å²) in [5.74, 6) is -0.242. The highest BCUT2D eigenvalue weighted by Gasteiger charge is 1.98. The van der Waals surface area contributed by atoms with E-state index >= 15 is 0 Å². The lowest BCUT2D eigenvalue weighted by atomic mass is 10.3. The molecule has 96 valence electrons. The van der Waals surface area contributed by atoms with Crippen molar-refractivity contribution in [2.45, 2.75) is 6.42 Å². The minimum atomic E-state index is -0.399. The van der Waals surface area contributed by atoms with Gasteiger partial charge in [0.15, 0.2) is 0 Å². The molecule has 0 unspecified atom stereocenters. The Bertz CT molecular complexity index is 428. The van der Waals surface area contributed by atoms with Gasteiger partial charge in [-0.3, -0.25) is 0 Å². The number of aliphatic hydroxyl groups is 1. The predicted molar refractivity (Wildman–Crippen MR) is 70.9 cm³/mol. The van der Waals surface area contributed by atoms with Gasteiger partial charge in [0.2, 0.25) is 0 Å². The summed E-state index contributed by atoms with van der Waals surface area (Å²) >= 11 is 0. The molecule has 2 N–H and O–H groups in total. The van der Waals surface area contributed by atoms with E-state index in [4.69, 9.17) is 0 Å². The molecule has 0 atom stereocenters. The minimum Gasteiger partial charge on any atom is -0.506 e. The van der Waals surface area contributed by atoms with Crippen LogP contribution in [0.1, 0.15) is 6.42 Å². The molecule has 1 rings (SSSR count). The minimum absolute atomic E-state index is 0.157. The van der Waals surface area contributed by atoms with Crippen LogP contribution in [0.3, 0.4) is 0 Å². The second-order valence-electron chi connectivity index (χ2n) is 3.53. The quantitative estimate of drug-likeness (QED) is 0.590. The molecule has 0 bridgehead atoms. The number of rotatable bonds is 4. The first-order valence-corrected chi connectivity index (χ1v) is 5.65. The number of aliphatic hydroxyl groups excluding tert-OH is 1. The van der Waals surface area contributed by atoms with Crippen molar-refractivity contribution in [1.82, 2.24) is 5.32 Å². The Morgan fingerprint density at radius 3 is 3.06 bits per heavy atom. The molecule has 0 fully saturated rings. The predicted octanol–water partition coefficient (Wildman–Crippen LogP) is 2.15. The number of carbonyl (C=O) groups excluding carboxylic acids is 1. The van der Waals surface area contributed by atoms with Crippen molar-refractivity contribution in [2.24, 2.45) is 0 Å². The fraction of sp³-hybridized carbons (Fsp3) is 0.214. The standard InChI is InChI=1S/C14H17NO3/c1-18-14(17)10-7-11-15-12-8-5-3-2-4-6-9-13(12)16/h2,4-10,15-16H,3,11H2,1H3/b4-2-,8-5-,9-6+,10-7-,13-12-. The Morgan fingerprint density at radius 2 is 2.28 bits per heavy atom. The van der Waals surface area contributed by atoms with Gasteiger partial charge in [-0.1, -0.05) is 30.4 Å². The SMILES string of the molecule is COC(=O)/C=C\CNC1=C(O)/C=C/C=C\C/C=C\1. The first-order chi connectivity index (χ1) is 8.74. The fourth-order valence-electron chi connectivity index (χ4n) is 1.29. The van der Waals surface area contributed by atoms with Crippen LogP contribution in [-0.2, 0) is 9.53 Å². The topological polar surface area (TPSA) is 58.6 Å². The van der Waals surface area contributed by atoms with Gasteiger partial charge in [0.25, 0.3) is 0 Å². The van der Waals surface area contributed by atoms with Crippen molar-refractivity contribution < 1.29 is 14.6 Å². The molecule has 0 aromatic carbocycles. The molecule has 0 spiro atoms. The van der Waals surface area contributed by atoms with Gasteiger partial charge in [-0.15, -0.1) is 0 Å². The van der Waals surface area contributed by atoms with E-state index in [0.29, 0.717) is 12.2 Å². The molecule has 0 radical (unpaired) electrons. The number of ether oxygens (including phenoxy) is 1. The highest BCUT2D eigenvalue weighted by atomic mass is 16.5. The van der Waals surface area contributed by atoms with Crippen LogP contribution in [0.25, 0.3) is 0 Å². The highest BCUT2D eigenvalue weighted by molar-refractivity contribution is 5.81. The summed E-state index contributed by atoms with van der Waals surface area (Å²) in [5, 5.41) is 12.8. The molecular formula is C14H17NO3. The zero-order valence-corrected chi connectivity index (χ0v) is 10.3. The number of allylic oxidation sites excluding steroid dienone is 6. The van der Waals surface area contributed by atoms with Gasteiger partial charge in [0, 0.05) is 12.6 Å². The lowest BCUT2D eigenvalue weighted by Crippen LogP contribution is -2.14. The molecule has 1 aliphatic carbocycles. The summed E-state index contributed by atoms with van der Waals surface area (Å²) in [6.07, 6.45) is 14.8. The molecule has 1 aliphatic rings. The van der Waals surface area contributed by atoms with Crippen LogP contribution < -0.4 is 5.32 Å². The van der Waals surface area contributed by atoms with Crippen molar-refractivity contribution in [3.63, 3.8) is 0 Å². The Kier molecular flexibility index (Phi) is 6.11. The number of hydrogen-bond acceptors (Lipinski definition) is 4. The fourth-order valence-corrected chi connectivity index (χ4v) is 1.29. The van der Waals surface area contributed by atoms with E-state index in [0.717, 1.165) is 6.42 Å². The van der Waals surface area contributed by atoms with E-state index < -0.39 is 5.97 Å². The molecule has 0 heterocycles. The zero-order valence-electron chi connectivity index (χ0n) is 10.3. The average Bonchev–Trinajstić information content (AvgIpc) is 2.47. The van der Waals surface area contributed by atoms with Crippen molar-refractivity contribution in [3.8, 4) is 0 Å². The van der Waals surface area contributed by atoms with Crippen LogP contribution in [0.15, 0.2) is 60.1 Å². The maximum Gasteiger partial charge on any atom is 0.330 e. The third-order valence-corrected chi connectivity index (χ3v) is 2.20. The molecule has 0 aliphatic heterocycles. The summed E-state index contributed by atoms with van der Waals surface area (Å²) in [4.78, 5) is 10.8. The molecule has 0 aromatic heterocycles. The summed E-state index contributed by atoms with van der Waals surface area (Å²) in [7, 11) is 1.33. The zero-order chi connectivity index (χ0) is 13.2. The van der Waals surface area contributed by atoms with Gasteiger partial charge in [-0.25, -0.2) is 4.79 Å². The molecule has 4 nitrogen and oxygen atoms in total. The summed E-state index contributed by atoms with van der Waals surface area (Å²) in [5.41, 5.74) is 0.615. The molecule has 0 saturated heterocycles. The van der Waals surface area contributed by atoms with Gasteiger partial charge in [-0.2, -0.15) is 0 Å². The average molecular weight is 247 g/mol. The van der Waals surface area contributed by atoms with Gasteiger partial charge in [0.1, 0.15) is 5.76 Å². The maximum absolute atomic E-state index is 10.8. The summed E-state index contributed by atoms with van der Waals surface area (Å²) in [6, 6.07) is 0. The third-order valence-electron chi connectivity index (χ3n) is 2.20. The van der Waals surface area contributed by atoms with Gasteiger partial charge in [-0.05, 0) is 18.6 Å². The van der Waals surface area contributed by atoms with Gasteiger partial charge < -0.3 is 15.2 Å². The highest BCUT2D eigenvalue weighted by Crippen LogP contribution is 2.05. The molecular weight excluding hydrogens is 230 g/mol. The Balaban J connectivity index is 2.58. The summed E-state index contributed by atoms with van der Waals surface area (Å²) in [6.45, 7) is 0.431. The normalized spacial score (nSPS) is 24.7. The van der Waals surface area contributed by atoms with Crippen LogP contribution in [0, 0.1) is 0 Å². The van der Waals surface area contributed by atoms with E-state index in [1.165, 1.54) is 13.2 Å². The first-order valence-electron chi connectivity index (χ1n) is 5.65. The van der Waals surface area contributed by atoms with Crippen molar-refractivity contribution >= 4 is 5.97 Å². The molecule has 0 amide bonds. The Hall–Kier alpha value is -2.23. The van der Waals surface area contributed by atoms with E-state index in [-0.39, 0.29) is 5.76 Å². The monoisotopic (exact) mass is 247 g/mol. The van der Waals surface area contributed by atoms with Crippen LogP contribution in [0.2, 0.25) is 0 Å². The van der Waals surface area contributed by atoms with Gasteiger partial charge >= 0.3 is 5.97 Å². The van der Waals surface area contributed by atoms with E-state index in [1.54, 1.807) is 24.3 Å². The third kappa shape index (κ3) is 5.21. The summed E-state index contributed by atoms with van der Waals surface area (Å²) < 4.78 is 4.47. The van der Waals surface area contributed by atoms with Crippen LogP contribution in [0.5, 0.6) is 0 Å². The number of nitrogens with one attached hydrogen (secondary N) is 1. The Morgan fingerprint density at radius 1 is 1.44 bits per heavy atom. The van der Waals surface area contributed by atoms with Crippen LogP contribution in [0.4, 0.5) is 0 Å². The van der Waals surface area contributed by atoms with Crippen LogP contribution in [-0.4, -0.2) is 24.7 Å². The lowest BCUT2D eigenvalue weighted by molar-refractivity contribution is -0.134. The Labute approximate surface area is 107 Å². The number of carbonyl (C=O) groups is 1. The lowest BCUT2D eigenvalue weighted by Gasteiger charge is -2.05. The van der Waals surface area contributed by atoms with Crippen molar-refractivity contribution in [3.05, 3.63) is 60.1 Å². The first kappa shape index (κ1) is 13.8. The smallest absolute Gasteiger partial charge is 0.330 e. The molecule has 18 heavy (non-hydrogen) atoms. The number of esters is 1. The molecule has 0 saturated carbocycles. The van der Waals surface area contributed by atoms with E-state index in [9.17, 15) is 9.90 Å². The van der Waals surface area contributed by atoms with E-state index in [2.05, 4.69) is 10.1 Å². The van der Waals surface area contributed by atoms with Crippen molar-refractivity contribution in [1.29, 1.82) is 0 Å². The van der Waals surface area contributed by atoms with Crippen LogP contribution >= 0.6 is 0 Å². The van der Waals surface area contributed by atoms with Crippen molar-refractivity contribution in [2.75, 3.05) is 13.7 Å². The molecule has 0 aromatic rings. The van der Waals surface area contributed by atoms with Gasteiger partial charge in [0.05, 0.1) is 12.8 Å².